The van der Waals surface area contributed by atoms with E-state index in [0.29, 0.717) is 0 Å². The average molecular weight is 613 g/mol. The highest BCUT2D eigenvalue weighted by molar-refractivity contribution is 9.10. The second-order valence-electron chi connectivity index (χ2n) is 9.89. The molecule has 0 saturated carbocycles. The van der Waals surface area contributed by atoms with E-state index in [9.17, 15) is 0 Å². The van der Waals surface area contributed by atoms with Crippen LogP contribution in [0.15, 0.2) is 138 Å². The molecule has 0 aliphatic rings. The van der Waals surface area contributed by atoms with Crippen molar-refractivity contribution in [3.05, 3.63) is 138 Å². The molecule has 8 rings (SSSR count). The fourth-order valence-electron chi connectivity index (χ4n) is 5.73. The van der Waals surface area contributed by atoms with E-state index >= 15 is 0 Å². The smallest absolute Gasteiger partial charge is 0.0640 e. The van der Waals surface area contributed by atoms with Gasteiger partial charge in [-0.25, -0.2) is 0 Å². The fourth-order valence-corrected chi connectivity index (χ4v) is 8.66. The topological polar surface area (TPSA) is 3.24 Å². The molecule has 0 radical (unpaired) electrons. The number of thiophene rings is 2. The minimum absolute atomic E-state index is 1.10. The van der Waals surface area contributed by atoms with E-state index in [4.69, 9.17) is 0 Å². The normalized spacial score (nSPS) is 11.6. The van der Waals surface area contributed by atoms with Crippen molar-refractivity contribution in [2.45, 2.75) is 0 Å². The summed E-state index contributed by atoms with van der Waals surface area (Å²) in [5.74, 6) is 0. The lowest BCUT2D eigenvalue weighted by atomic mass is 9.98. The van der Waals surface area contributed by atoms with Gasteiger partial charge in [0, 0.05) is 51.5 Å². The Bertz CT molecular complexity index is 2180. The molecule has 0 aliphatic heterocycles. The van der Waals surface area contributed by atoms with Crippen molar-refractivity contribution in [2.24, 2.45) is 0 Å². The SMILES string of the molecule is Brc1ccc2c(c1)sc1c(N(c3ccccc3)c3ccc4c(c3)sc3ccccc34)ccc(-c3ccccc3)c12. The molecule has 2 heterocycles. The third-order valence-electron chi connectivity index (χ3n) is 7.52. The Labute approximate surface area is 248 Å². The molecule has 0 bridgehead atoms. The summed E-state index contributed by atoms with van der Waals surface area (Å²) in [4.78, 5) is 2.42. The first kappa shape index (κ1) is 23.9. The number of para-hydroxylation sites is 1. The van der Waals surface area contributed by atoms with Gasteiger partial charge in [-0.3, -0.25) is 0 Å². The number of anilines is 3. The third kappa shape index (κ3) is 3.87. The van der Waals surface area contributed by atoms with Crippen LogP contribution in [-0.2, 0) is 0 Å². The van der Waals surface area contributed by atoms with E-state index in [-0.39, 0.29) is 0 Å². The van der Waals surface area contributed by atoms with Crippen molar-refractivity contribution < 1.29 is 0 Å². The molecule has 8 aromatic rings. The summed E-state index contributed by atoms with van der Waals surface area (Å²) < 4.78 is 6.30. The minimum Gasteiger partial charge on any atom is -0.309 e. The second kappa shape index (κ2) is 9.60. The maximum atomic E-state index is 3.71. The van der Waals surface area contributed by atoms with Crippen molar-refractivity contribution in [3.63, 3.8) is 0 Å². The van der Waals surface area contributed by atoms with Crippen molar-refractivity contribution in [3.8, 4) is 11.1 Å². The predicted molar refractivity (Wildman–Crippen MR) is 180 cm³/mol. The number of halogens is 1. The van der Waals surface area contributed by atoms with Crippen LogP contribution in [0.25, 0.3) is 51.5 Å². The van der Waals surface area contributed by atoms with Gasteiger partial charge < -0.3 is 4.90 Å². The number of nitrogens with zero attached hydrogens (tertiary/aromatic N) is 1. The van der Waals surface area contributed by atoms with Gasteiger partial charge in [0.1, 0.15) is 0 Å². The zero-order chi connectivity index (χ0) is 26.6. The van der Waals surface area contributed by atoms with E-state index in [0.717, 1.165) is 15.8 Å². The molecule has 0 saturated heterocycles. The van der Waals surface area contributed by atoms with Gasteiger partial charge in [-0.15, -0.1) is 22.7 Å². The van der Waals surface area contributed by atoms with Gasteiger partial charge >= 0.3 is 0 Å². The number of hydrogen-bond acceptors (Lipinski definition) is 3. The van der Waals surface area contributed by atoms with E-state index in [1.54, 1.807) is 0 Å². The zero-order valence-corrected chi connectivity index (χ0v) is 24.6. The van der Waals surface area contributed by atoms with Crippen molar-refractivity contribution in [1.29, 1.82) is 0 Å². The Morgan fingerprint density at radius 2 is 1.20 bits per heavy atom. The Morgan fingerprint density at radius 3 is 2.05 bits per heavy atom. The van der Waals surface area contributed by atoms with Crippen LogP contribution < -0.4 is 4.90 Å². The molecule has 2 aromatic heterocycles. The molecule has 1 nitrogen and oxygen atoms in total. The number of benzene rings is 6. The Morgan fingerprint density at radius 1 is 0.500 bits per heavy atom. The number of hydrogen-bond donors (Lipinski definition) is 0. The molecule has 40 heavy (non-hydrogen) atoms. The second-order valence-corrected chi connectivity index (χ2v) is 12.9. The van der Waals surface area contributed by atoms with Gasteiger partial charge in [-0.05, 0) is 59.7 Å². The molecule has 0 amide bonds. The molecule has 0 N–H and O–H groups in total. The van der Waals surface area contributed by atoms with Gasteiger partial charge in [0.05, 0.1) is 10.4 Å². The van der Waals surface area contributed by atoms with Crippen LogP contribution in [0.4, 0.5) is 17.1 Å². The maximum Gasteiger partial charge on any atom is 0.0640 e. The van der Waals surface area contributed by atoms with E-state index < -0.39 is 0 Å². The highest BCUT2D eigenvalue weighted by atomic mass is 79.9. The molecule has 4 heteroatoms. The Balaban J connectivity index is 1.43. The summed E-state index contributed by atoms with van der Waals surface area (Å²) >= 11 is 7.44. The van der Waals surface area contributed by atoms with E-state index in [2.05, 4.69) is 154 Å². The van der Waals surface area contributed by atoms with Crippen molar-refractivity contribution in [1.82, 2.24) is 0 Å². The molecule has 0 atom stereocenters. The van der Waals surface area contributed by atoms with Crippen LogP contribution in [-0.4, -0.2) is 0 Å². The highest BCUT2D eigenvalue weighted by Gasteiger charge is 2.21. The van der Waals surface area contributed by atoms with Gasteiger partial charge in [-0.1, -0.05) is 101 Å². The summed E-state index contributed by atoms with van der Waals surface area (Å²) in [7, 11) is 0. The van der Waals surface area contributed by atoms with Gasteiger partial charge in [0.2, 0.25) is 0 Å². The van der Waals surface area contributed by atoms with Crippen LogP contribution in [0.5, 0.6) is 0 Å². The molecule has 190 valence electrons. The summed E-state index contributed by atoms with van der Waals surface area (Å²) in [6, 6.07) is 48.4. The number of fused-ring (bicyclic) bond motifs is 6. The third-order valence-corrected chi connectivity index (χ3v) is 10.3. The van der Waals surface area contributed by atoms with Crippen LogP contribution in [0.1, 0.15) is 0 Å². The quantitative estimate of drug-likeness (QED) is 0.191. The van der Waals surface area contributed by atoms with Crippen LogP contribution in [0, 0.1) is 0 Å². The van der Waals surface area contributed by atoms with Gasteiger partial charge in [-0.2, -0.15) is 0 Å². The Hall–Kier alpha value is -3.96. The first-order valence-corrected chi connectivity index (χ1v) is 15.6. The fraction of sp³-hybridized carbons (Fsp3) is 0. The van der Waals surface area contributed by atoms with Crippen LogP contribution in [0.3, 0.4) is 0 Å². The monoisotopic (exact) mass is 611 g/mol. The minimum atomic E-state index is 1.10. The summed E-state index contributed by atoms with van der Waals surface area (Å²) in [5.41, 5.74) is 6.01. The van der Waals surface area contributed by atoms with Gasteiger partial charge in [0.15, 0.2) is 0 Å². The van der Waals surface area contributed by atoms with E-state index in [1.165, 1.54) is 57.2 Å². The molecule has 0 aliphatic carbocycles. The molecule has 6 aromatic carbocycles. The zero-order valence-electron chi connectivity index (χ0n) is 21.3. The largest absolute Gasteiger partial charge is 0.309 e. The Kier molecular flexibility index (Phi) is 5.73. The van der Waals surface area contributed by atoms with Crippen molar-refractivity contribution >= 4 is 96.0 Å². The summed E-state index contributed by atoms with van der Waals surface area (Å²) in [6.45, 7) is 0. The molecule has 0 fully saturated rings. The predicted octanol–water partition coefficient (Wildman–Crippen LogP) is 12.3. The number of rotatable bonds is 4. The summed E-state index contributed by atoms with van der Waals surface area (Å²) in [6.07, 6.45) is 0. The lowest BCUT2D eigenvalue weighted by molar-refractivity contribution is 1.31. The van der Waals surface area contributed by atoms with Crippen LogP contribution >= 0.6 is 38.6 Å². The van der Waals surface area contributed by atoms with E-state index in [1.807, 2.05) is 22.7 Å². The first-order chi connectivity index (χ1) is 19.7. The molecular weight excluding hydrogens is 590 g/mol. The molecular formula is C36H22BrNS2. The lowest BCUT2D eigenvalue weighted by Gasteiger charge is -2.26. The summed E-state index contributed by atoms with van der Waals surface area (Å²) in [5, 5.41) is 5.23. The molecule has 0 unspecified atom stereocenters. The maximum absolute atomic E-state index is 3.71. The highest BCUT2D eigenvalue weighted by Crippen LogP contribution is 2.49. The average Bonchev–Trinajstić information content (AvgIpc) is 3.56. The first-order valence-electron chi connectivity index (χ1n) is 13.2. The van der Waals surface area contributed by atoms with Crippen LogP contribution in [0.2, 0.25) is 0 Å². The lowest BCUT2D eigenvalue weighted by Crippen LogP contribution is -2.10. The van der Waals surface area contributed by atoms with Gasteiger partial charge in [0.25, 0.3) is 0 Å². The molecule has 0 spiro atoms. The van der Waals surface area contributed by atoms with Crippen molar-refractivity contribution in [2.75, 3.05) is 4.90 Å². The standard InChI is InChI=1S/C36H22BrNS2/c37-24-15-17-30-33(21-24)40-36-31(20-19-27(35(30)36)23-9-3-1-4-10-23)38(25-11-5-2-6-12-25)26-16-18-29-28-13-7-8-14-32(28)39-34(29)22-26/h1-22H.